The Balaban J connectivity index is 1.71. The second kappa shape index (κ2) is 7.62. The van der Waals surface area contributed by atoms with Gasteiger partial charge >= 0.3 is 6.03 Å². The Kier molecular flexibility index (Phi) is 5.87. The summed E-state index contributed by atoms with van der Waals surface area (Å²) in [5, 5.41) is 5.95. The van der Waals surface area contributed by atoms with Gasteiger partial charge < -0.3 is 10.6 Å². The minimum absolute atomic E-state index is 0.0410. The number of hydrogen-bond acceptors (Lipinski definition) is 4. The first kappa shape index (κ1) is 21.6. The predicted octanol–water partition coefficient (Wildman–Crippen LogP) is 3.49. The average molecular weight is 413 g/mol. The summed E-state index contributed by atoms with van der Waals surface area (Å²) >= 11 is 0. The first-order valence-electron chi connectivity index (χ1n) is 10.8. The molecule has 0 saturated heterocycles. The normalized spacial score (nSPS) is 27.1. The third kappa shape index (κ3) is 4.24. The SMILES string of the molecule is CC(C)(C)S(=O)(=O)CC1(NC(=O)NC2C(=O)CC23CCCCC3)CCCCC1. The maximum atomic E-state index is 12.9. The maximum Gasteiger partial charge on any atom is 0.315 e. The lowest BCUT2D eigenvalue weighted by molar-refractivity contribution is -0.139. The van der Waals surface area contributed by atoms with E-state index in [0.29, 0.717) is 19.3 Å². The van der Waals surface area contributed by atoms with Gasteiger partial charge in [0, 0.05) is 11.8 Å². The number of hydrogen-bond donors (Lipinski definition) is 2. The van der Waals surface area contributed by atoms with Crippen molar-refractivity contribution in [3.8, 4) is 0 Å². The smallest absolute Gasteiger partial charge is 0.315 e. The van der Waals surface area contributed by atoms with Crippen LogP contribution < -0.4 is 10.6 Å². The molecular weight excluding hydrogens is 376 g/mol. The van der Waals surface area contributed by atoms with Gasteiger partial charge in [0.05, 0.1) is 22.1 Å². The van der Waals surface area contributed by atoms with E-state index in [1.54, 1.807) is 20.8 Å². The molecule has 0 aromatic heterocycles. The van der Waals surface area contributed by atoms with Gasteiger partial charge in [0.15, 0.2) is 15.6 Å². The van der Waals surface area contributed by atoms with Gasteiger partial charge in [0.1, 0.15) is 0 Å². The summed E-state index contributed by atoms with van der Waals surface area (Å²) in [6, 6.07) is -0.790. The van der Waals surface area contributed by atoms with E-state index in [0.717, 1.165) is 44.9 Å². The molecular formula is C21H36N2O4S. The molecule has 3 aliphatic rings. The second-order valence-corrected chi connectivity index (χ2v) is 13.1. The van der Waals surface area contributed by atoms with Crippen LogP contribution >= 0.6 is 0 Å². The van der Waals surface area contributed by atoms with Crippen molar-refractivity contribution < 1.29 is 18.0 Å². The van der Waals surface area contributed by atoms with Crippen molar-refractivity contribution in [2.75, 3.05) is 5.75 Å². The summed E-state index contributed by atoms with van der Waals surface area (Å²) in [4.78, 5) is 25.1. The molecule has 2 amide bonds. The van der Waals surface area contributed by atoms with E-state index < -0.39 is 26.2 Å². The number of carbonyl (C=O) groups excluding carboxylic acids is 2. The van der Waals surface area contributed by atoms with Crippen molar-refractivity contribution in [2.45, 2.75) is 108 Å². The summed E-state index contributed by atoms with van der Waals surface area (Å²) in [6.45, 7) is 5.12. The Morgan fingerprint density at radius 1 is 1.00 bits per heavy atom. The highest BCUT2D eigenvalue weighted by Gasteiger charge is 2.54. The van der Waals surface area contributed by atoms with E-state index in [1.165, 1.54) is 6.42 Å². The molecule has 0 radical (unpaired) electrons. The Morgan fingerprint density at radius 3 is 2.04 bits per heavy atom. The molecule has 3 aliphatic carbocycles. The Bertz CT molecular complexity index is 711. The minimum Gasteiger partial charge on any atom is -0.332 e. The molecule has 3 rings (SSSR count). The van der Waals surface area contributed by atoms with E-state index in [-0.39, 0.29) is 23.0 Å². The number of Topliss-reactive ketones (excluding diaryl/α,β-unsaturated/α-hetero) is 1. The highest BCUT2D eigenvalue weighted by Crippen LogP contribution is 2.49. The highest BCUT2D eigenvalue weighted by atomic mass is 32.2. The van der Waals surface area contributed by atoms with Crippen molar-refractivity contribution >= 4 is 21.7 Å². The second-order valence-electron chi connectivity index (χ2n) is 10.3. The number of rotatable bonds is 4. The molecule has 3 fully saturated rings. The van der Waals surface area contributed by atoms with Crippen molar-refractivity contribution in [1.29, 1.82) is 0 Å². The molecule has 0 aliphatic heterocycles. The van der Waals surface area contributed by atoms with Crippen LogP contribution in [-0.4, -0.2) is 42.3 Å². The number of carbonyl (C=O) groups is 2. The zero-order valence-corrected chi connectivity index (χ0v) is 18.4. The lowest BCUT2D eigenvalue weighted by Crippen LogP contribution is -2.66. The minimum atomic E-state index is -3.37. The largest absolute Gasteiger partial charge is 0.332 e. The molecule has 6 nitrogen and oxygen atoms in total. The predicted molar refractivity (Wildman–Crippen MR) is 110 cm³/mol. The molecule has 1 unspecified atom stereocenters. The Hall–Kier alpha value is -1.11. The van der Waals surface area contributed by atoms with Crippen LogP contribution in [0.3, 0.4) is 0 Å². The molecule has 1 spiro atoms. The van der Waals surface area contributed by atoms with Crippen LogP contribution in [0.4, 0.5) is 4.79 Å². The summed E-state index contributed by atoms with van der Waals surface area (Å²) in [5.41, 5.74) is -0.801. The standard InChI is InChI=1S/C21H36N2O4S/c1-19(2,3)28(26,27)15-21(12-8-5-9-13-21)23-18(25)22-17-16(24)14-20(17)10-6-4-7-11-20/h17H,4-15H2,1-3H3,(H2,22,23,25). The highest BCUT2D eigenvalue weighted by molar-refractivity contribution is 7.92. The molecule has 0 aromatic carbocycles. The van der Waals surface area contributed by atoms with Crippen molar-refractivity contribution in [1.82, 2.24) is 10.6 Å². The monoisotopic (exact) mass is 412 g/mol. The average Bonchev–Trinajstić information content (AvgIpc) is 2.60. The molecule has 7 heteroatoms. The van der Waals surface area contributed by atoms with Gasteiger partial charge in [-0.15, -0.1) is 0 Å². The molecule has 2 N–H and O–H groups in total. The lowest BCUT2D eigenvalue weighted by Gasteiger charge is -2.51. The molecule has 1 atom stereocenters. The number of ketones is 1. The van der Waals surface area contributed by atoms with Gasteiger partial charge in [0.25, 0.3) is 0 Å². The molecule has 160 valence electrons. The summed E-state index contributed by atoms with van der Waals surface area (Å²) in [7, 11) is -3.37. The topological polar surface area (TPSA) is 92.3 Å². The Labute approximate surface area is 169 Å². The van der Waals surface area contributed by atoms with Crippen LogP contribution in [0.1, 0.15) is 91.4 Å². The molecule has 0 bridgehead atoms. The van der Waals surface area contributed by atoms with Crippen molar-refractivity contribution in [3.63, 3.8) is 0 Å². The van der Waals surface area contributed by atoms with Crippen LogP contribution in [0.5, 0.6) is 0 Å². The first-order chi connectivity index (χ1) is 13.0. The van der Waals surface area contributed by atoms with Gasteiger partial charge in [-0.25, -0.2) is 13.2 Å². The fourth-order valence-corrected chi connectivity index (χ4v) is 6.76. The molecule has 3 saturated carbocycles. The van der Waals surface area contributed by atoms with Gasteiger partial charge in [-0.05, 0) is 46.5 Å². The first-order valence-corrected chi connectivity index (χ1v) is 12.5. The summed E-state index contributed by atoms with van der Waals surface area (Å²) in [5.74, 6) is 0.0674. The maximum absolute atomic E-state index is 12.9. The quantitative estimate of drug-likeness (QED) is 0.739. The fourth-order valence-electron chi connectivity index (χ4n) is 5.24. The third-order valence-corrected chi connectivity index (χ3v) is 9.97. The lowest BCUT2D eigenvalue weighted by atomic mass is 9.56. The number of amides is 2. The van der Waals surface area contributed by atoms with Gasteiger partial charge in [-0.1, -0.05) is 38.5 Å². The Morgan fingerprint density at radius 2 is 1.54 bits per heavy atom. The van der Waals surface area contributed by atoms with Gasteiger partial charge in [-0.3, -0.25) is 4.79 Å². The van der Waals surface area contributed by atoms with Crippen LogP contribution in [-0.2, 0) is 14.6 Å². The zero-order valence-electron chi connectivity index (χ0n) is 17.6. The van der Waals surface area contributed by atoms with Crippen molar-refractivity contribution in [3.05, 3.63) is 0 Å². The van der Waals surface area contributed by atoms with Gasteiger partial charge in [-0.2, -0.15) is 0 Å². The van der Waals surface area contributed by atoms with E-state index in [1.807, 2.05) is 0 Å². The number of sulfone groups is 1. The van der Waals surface area contributed by atoms with Crippen LogP contribution in [0.25, 0.3) is 0 Å². The van der Waals surface area contributed by atoms with Crippen molar-refractivity contribution in [2.24, 2.45) is 5.41 Å². The van der Waals surface area contributed by atoms with Crippen LogP contribution in [0.15, 0.2) is 0 Å². The third-order valence-electron chi connectivity index (χ3n) is 7.17. The van der Waals surface area contributed by atoms with E-state index in [2.05, 4.69) is 10.6 Å². The van der Waals surface area contributed by atoms with E-state index in [9.17, 15) is 18.0 Å². The van der Waals surface area contributed by atoms with Crippen LogP contribution in [0, 0.1) is 5.41 Å². The van der Waals surface area contributed by atoms with E-state index in [4.69, 9.17) is 0 Å². The molecule has 28 heavy (non-hydrogen) atoms. The number of nitrogens with one attached hydrogen (secondary N) is 2. The number of urea groups is 1. The van der Waals surface area contributed by atoms with Gasteiger partial charge in [0.2, 0.25) is 0 Å². The summed E-state index contributed by atoms with van der Waals surface area (Å²) in [6.07, 6.45) is 10.2. The zero-order chi connectivity index (χ0) is 20.6. The van der Waals surface area contributed by atoms with E-state index >= 15 is 0 Å². The van der Waals surface area contributed by atoms with Crippen LogP contribution in [0.2, 0.25) is 0 Å². The fraction of sp³-hybridized carbons (Fsp3) is 0.905. The summed E-state index contributed by atoms with van der Waals surface area (Å²) < 4.78 is 24.9. The molecule has 0 heterocycles. The molecule has 0 aromatic rings.